The number of hydrogen-bond donors (Lipinski definition) is 1. The molecule has 4 rings (SSSR count). The number of oxazole rings is 1. The number of halogens is 3. The fraction of sp³-hybridized carbons (Fsp3) is 0.208. The van der Waals surface area contributed by atoms with Crippen molar-refractivity contribution in [2.45, 2.75) is 33.4 Å². The number of ether oxygens (including phenoxy) is 2. The third-order valence-corrected chi connectivity index (χ3v) is 5.89. The molecule has 0 aliphatic carbocycles. The first kappa shape index (κ1) is 25.0. The maximum atomic E-state index is 12.3. The van der Waals surface area contributed by atoms with Crippen LogP contribution in [0.4, 0.5) is 13.2 Å². The van der Waals surface area contributed by atoms with Gasteiger partial charge in [-0.3, -0.25) is 9.78 Å². The van der Waals surface area contributed by atoms with Gasteiger partial charge in [0, 0.05) is 17.1 Å². The van der Waals surface area contributed by atoms with Gasteiger partial charge in [-0.2, -0.15) is 0 Å². The van der Waals surface area contributed by atoms with Gasteiger partial charge < -0.3 is 13.9 Å². The first-order valence-electron chi connectivity index (χ1n) is 10.6. The van der Waals surface area contributed by atoms with Gasteiger partial charge in [0.2, 0.25) is 5.89 Å². The van der Waals surface area contributed by atoms with Crippen molar-refractivity contribution < 1.29 is 27.1 Å². The van der Waals surface area contributed by atoms with Crippen LogP contribution in [0.15, 0.2) is 68.6 Å². The lowest BCUT2D eigenvalue weighted by molar-refractivity contribution is -0.274. The summed E-state index contributed by atoms with van der Waals surface area (Å²) in [7, 11) is 0. The van der Waals surface area contributed by atoms with Crippen LogP contribution in [0.25, 0.3) is 17.0 Å². The second-order valence-electron chi connectivity index (χ2n) is 7.67. The normalized spacial score (nSPS) is 12.1. The Morgan fingerprint density at radius 1 is 1.17 bits per heavy atom. The lowest BCUT2D eigenvalue weighted by Gasteiger charge is -2.08. The minimum Gasteiger partial charge on any atom is -0.487 e. The molecule has 0 unspecified atom stereocenters. The van der Waals surface area contributed by atoms with Crippen molar-refractivity contribution in [1.29, 1.82) is 0 Å². The Morgan fingerprint density at radius 2 is 1.92 bits per heavy atom. The summed E-state index contributed by atoms with van der Waals surface area (Å²) < 4.78 is 53.8. The molecule has 0 atom stereocenters. The van der Waals surface area contributed by atoms with E-state index in [4.69, 9.17) is 9.15 Å². The Bertz CT molecular complexity index is 1500. The fourth-order valence-corrected chi connectivity index (χ4v) is 3.85. The van der Waals surface area contributed by atoms with Gasteiger partial charge in [-0.05, 0) is 61.4 Å². The standard InChI is InChI=1S/C24H20F3N3O5S/c1-14(10-11-30-22(31)29-23(32)36-30)17-4-3-5-19(12-17)33-13-20-15(2)34-21(28-20)16-6-8-18(9-7-16)35-24(25,26)27/h3-10,12H,11,13H2,1-2H3,(H,29,31,32)/b14-10-. The summed E-state index contributed by atoms with van der Waals surface area (Å²) in [4.78, 5) is 29.1. The minimum absolute atomic E-state index is 0.115. The van der Waals surface area contributed by atoms with Gasteiger partial charge in [-0.25, -0.2) is 13.7 Å². The molecule has 0 bridgehead atoms. The lowest BCUT2D eigenvalue weighted by Crippen LogP contribution is -2.16. The molecule has 1 N–H and O–H groups in total. The molecule has 0 radical (unpaired) electrons. The van der Waals surface area contributed by atoms with Gasteiger partial charge in [-0.1, -0.05) is 18.2 Å². The van der Waals surface area contributed by atoms with E-state index in [1.165, 1.54) is 28.2 Å². The Labute approximate surface area is 206 Å². The predicted octanol–water partition coefficient (Wildman–Crippen LogP) is 5.14. The number of alkyl halides is 3. The van der Waals surface area contributed by atoms with E-state index in [0.717, 1.165) is 22.7 Å². The maximum absolute atomic E-state index is 12.3. The molecule has 8 nitrogen and oxygen atoms in total. The average molecular weight is 520 g/mol. The van der Waals surface area contributed by atoms with E-state index in [9.17, 15) is 22.8 Å². The smallest absolute Gasteiger partial charge is 0.487 e. The molecule has 2 aromatic carbocycles. The number of nitrogens with one attached hydrogen (secondary N) is 1. The van der Waals surface area contributed by atoms with Crippen molar-refractivity contribution >= 4 is 17.1 Å². The zero-order valence-electron chi connectivity index (χ0n) is 19.1. The number of hydrogen-bond acceptors (Lipinski definition) is 7. The first-order valence-corrected chi connectivity index (χ1v) is 11.4. The number of aromatic amines is 1. The Balaban J connectivity index is 1.42. The molecule has 0 fully saturated rings. The molecule has 4 aromatic rings. The molecule has 2 heterocycles. The van der Waals surface area contributed by atoms with Crippen molar-refractivity contribution in [2.75, 3.05) is 0 Å². The van der Waals surface area contributed by atoms with Crippen molar-refractivity contribution in [3.05, 3.63) is 91.8 Å². The second kappa shape index (κ2) is 10.3. The lowest BCUT2D eigenvalue weighted by atomic mass is 10.1. The van der Waals surface area contributed by atoms with E-state index >= 15 is 0 Å². The van der Waals surface area contributed by atoms with E-state index in [2.05, 4.69) is 14.7 Å². The van der Waals surface area contributed by atoms with Crippen molar-refractivity contribution in [3.8, 4) is 23.0 Å². The van der Waals surface area contributed by atoms with Crippen molar-refractivity contribution in [2.24, 2.45) is 0 Å². The van der Waals surface area contributed by atoms with Crippen LogP contribution in [0.2, 0.25) is 0 Å². The highest BCUT2D eigenvalue weighted by molar-refractivity contribution is 7.03. The summed E-state index contributed by atoms with van der Waals surface area (Å²) in [5.74, 6) is 1.02. The van der Waals surface area contributed by atoms with E-state index in [-0.39, 0.29) is 24.8 Å². The van der Waals surface area contributed by atoms with Gasteiger partial charge in [0.25, 0.3) is 0 Å². The quantitative estimate of drug-likeness (QED) is 0.346. The number of allylic oxidation sites excluding steroid dienone is 2. The molecule has 2 aromatic heterocycles. The highest BCUT2D eigenvalue weighted by Gasteiger charge is 2.31. The number of H-pyrrole nitrogens is 1. The minimum atomic E-state index is -4.76. The fourth-order valence-electron chi connectivity index (χ4n) is 3.24. The van der Waals surface area contributed by atoms with Gasteiger partial charge in [-0.15, -0.1) is 13.2 Å². The first-order chi connectivity index (χ1) is 17.1. The van der Waals surface area contributed by atoms with E-state index in [0.29, 0.717) is 22.8 Å². The van der Waals surface area contributed by atoms with Crippen LogP contribution < -0.4 is 20.0 Å². The van der Waals surface area contributed by atoms with Gasteiger partial charge in [0.15, 0.2) is 0 Å². The number of aromatic nitrogens is 3. The molecule has 0 aliphatic heterocycles. The molecule has 0 saturated carbocycles. The van der Waals surface area contributed by atoms with E-state index < -0.39 is 16.9 Å². The highest BCUT2D eigenvalue weighted by Crippen LogP contribution is 2.28. The molecule has 0 aliphatic rings. The molecule has 0 amide bonds. The van der Waals surface area contributed by atoms with Crippen LogP contribution in [0, 0.1) is 6.92 Å². The maximum Gasteiger partial charge on any atom is 0.573 e. The average Bonchev–Trinajstić information content (AvgIpc) is 3.36. The van der Waals surface area contributed by atoms with Crippen molar-refractivity contribution in [1.82, 2.24) is 13.9 Å². The topological polar surface area (TPSA) is 99.4 Å². The largest absolute Gasteiger partial charge is 0.573 e. The number of nitrogens with zero attached hydrogens (tertiary/aromatic N) is 2. The van der Waals surface area contributed by atoms with Crippen LogP contribution in [-0.4, -0.2) is 20.3 Å². The van der Waals surface area contributed by atoms with Crippen LogP contribution in [-0.2, 0) is 13.2 Å². The number of rotatable bonds is 8. The summed E-state index contributed by atoms with van der Waals surface area (Å²) >= 11 is 0.821. The summed E-state index contributed by atoms with van der Waals surface area (Å²) in [5.41, 5.74) is 2.36. The van der Waals surface area contributed by atoms with Gasteiger partial charge in [0.05, 0.1) is 6.54 Å². The molecular weight excluding hydrogens is 499 g/mol. The van der Waals surface area contributed by atoms with E-state index in [1.807, 2.05) is 31.2 Å². The van der Waals surface area contributed by atoms with Crippen LogP contribution in [0.1, 0.15) is 23.9 Å². The number of benzene rings is 2. The molecule has 0 saturated heterocycles. The summed E-state index contributed by atoms with van der Waals surface area (Å²) in [6.07, 6.45) is -2.93. The zero-order chi connectivity index (χ0) is 25.9. The number of aryl methyl sites for hydroxylation is 1. The van der Waals surface area contributed by atoms with Crippen molar-refractivity contribution in [3.63, 3.8) is 0 Å². The molecular formula is C24H20F3N3O5S. The Morgan fingerprint density at radius 3 is 2.58 bits per heavy atom. The van der Waals surface area contributed by atoms with Crippen LogP contribution in [0.3, 0.4) is 0 Å². The van der Waals surface area contributed by atoms with Gasteiger partial charge in [0.1, 0.15) is 29.6 Å². The third-order valence-electron chi connectivity index (χ3n) is 5.08. The molecule has 12 heteroatoms. The second-order valence-corrected chi connectivity index (χ2v) is 8.66. The Hall–Kier alpha value is -4.06. The van der Waals surface area contributed by atoms with E-state index in [1.54, 1.807) is 13.0 Å². The molecule has 0 spiro atoms. The summed E-state index contributed by atoms with van der Waals surface area (Å²) in [6.45, 7) is 3.99. The Kier molecular flexibility index (Phi) is 7.15. The highest BCUT2D eigenvalue weighted by atomic mass is 32.1. The summed E-state index contributed by atoms with van der Waals surface area (Å²) in [5, 5.41) is 0. The monoisotopic (exact) mass is 519 g/mol. The SMILES string of the molecule is C/C(=C/Cn1sc(=O)[nH]c1=O)c1cccc(OCc2nc(-c3ccc(OC(F)(F)F)cc3)oc2C)c1. The third kappa shape index (κ3) is 6.33. The predicted molar refractivity (Wildman–Crippen MR) is 127 cm³/mol. The van der Waals surface area contributed by atoms with Crippen LogP contribution >= 0.6 is 11.5 Å². The van der Waals surface area contributed by atoms with Gasteiger partial charge >= 0.3 is 16.9 Å². The van der Waals surface area contributed by atoms with Crippen LogP contribution in [0.5, 0.6) is 11.5 Å². The molecule has 188 valence electrons. The molecule has 36 heavy (non-hydrogen) atoms. The zero-order valence-corrected chi connectivity index (χ0v) is 19.9. The summed E-state index contributed by atoms with van der Waals surface area (Å²) in [6, 6.07) is 12.6.